The van der Waals surface area contributed by atoms with E-state index in [0.29, 0.717) is 35.4 Å². The molecule has 0 heterocycles. The van der Waals surface area contributed by atoms with Gasteiger partial charge in [0.2, 0.25) is 5.91 Å². The fraction of sp³-hybridized carbons (Fsp3) is 0.273. The molecule has 0 bridgehead atoms. The number of hydrogen-bond donors (Lipinski definition) is 3. The Labute approximate surface area is 168 Å². The maximum absolute atomic E-state index is 11.6. The average Bonchev–Trinajstić information content (AvgIpc) is 2.66. The lowest BCUT2D eigenvalue weighted by molar-refractivity contribution is 0.0511. The van der Waals surface area contributed by atoms with Gasteiger partial charge in [0.1, 0.15) is 5.60 Å². The zero-order valence-electron chi connectivity index (χ0n) is 15.1. The molecule has 1 amide bonds. The van der Waals surface area contributed by atoms with E-state index >= 15 is 0 Å². The number of rotatable bonds is 3. The third-order valence-corrected chi connectivity index (χ3v) is 5.23. The van der Waals surface area contributed by atoms with Gasteiger partial charge in [-0.05, 0) is 73.6 Å². The lowest BCUT2D eigenvalue weighted by Crippen LogP contribution is -2.33. The van der Waals surface area contributed by atoms with E-state index in [2.05, 4.69) is 11.8 Å². The van der Waals surface area contributed by atoms with Crippen LogP contribution in [0.3, 0.4) is 0 Å². The summed E-state index contributed by atoms with van der Waals surface area (Å²) in [6.07, 6.45) is 2.16. The third-order valence-electron chi connectivity index (χ3n) is 5.00. The molecule has 28 heavy (non-hydrogen) atoms. The molecule has 1 aliphatic carbocycles. The van der Waals surface area contributed by atoms with Crippen LogP contribution < -0.4 is 5.73 Å². The number of carboxylic acid groups (broad SMARTS) is 1. The Balaban J connectivity index is 1.92. The predicted octanol–water partition coefficient (Wildman–Crippen LogP) is 3.58. The number of carbonyl (C=O) groups excluding carboxylic acids is 1. The number of hydrogen-bond acceptors (Lipinski definition) is 3. The van der Waals surface area contributed by atoms with Crippen molar-refractivity contribution in [2.24, 2.45) is 5.73 Å². The lowest BCUT2D eigenvalue weighted by atomic mass is 9.74. The first-order chi connectivity index (χ1) is 13.3. The number of halogens is 1. The van der Waals surface area contributed by atoms with Gasteiger partial charge in [-0.25, -0.2) is 4.79 Å². The number of primary amides is 1. The molecule has 3 rings (SSSR count). The van der Waals surface area contributed by atoms with Crippen molar-refractivity contribution in [3.8, 4) is 11.8 Å². The Morgan fingerprint density at radius 2 is 2.00 bits per heavy atom. The standard InChI is InChI=1S/C22H20ClNO4/c23-17-5-1-3-14(11-17)8-10-22(28)9-2-4-16(13-22)19-12-15(20(24)25)6-7-18(19)21(26)27/h1,3,5-7,11-12,16,28H,2,4,9,13H2,(H2,24,25)(H,26,27)/t16-,22+/m0/s1. The smallest absolute Gasteiger partial charge is 0.335 e. The highest BCUT2D eigenvalue weighted by atomic mass is 35.5. The van der Waals surface area contributed by atoms with Gasteiger partial charge < -0.3 is 15.9 Å². The summed E-state index contributed by atoms with van der Waals surface area (Å²) >= 11 is 5.97. The highest BCUT2D eigenvalue weighted by molar-refractivity contribution is 6.30. The third kappa shape index (κ3) is 4.53. The van der Waals surface area contributed by atoms with E-state index in [0.717, 1.165) is 0 Å². The molecule has 2 aromatic carbocycles. The van der Waals surface area contributed by atoms with Gasteiger partial charge in [-0.2, -0.15) is 0 Å². The minimum absolute atomic E-state index is 0.113. The molecule has 6 heteroatoms. The first kappa shape index (κ1) is 19.9. The van der Waals surface area contributed by atoms with Crippen LogP contribution in [0, 0.1) is 11.8 Å². The number of amides is 1. The minimum Gasteiger partial charge on any atom is -0.478 e. The summed E-state index contributed by atoms with van der Waals surface area (Å²) < 4.78 is 0. The van der Waals surface area contributed by atoms with E-state index < -0.39 is 17.5 Å². The molecule has 0 aromatic heterocycles. The normalized spacial score (nSPS) is 21.4. The molecule has 1 aliphatic rings. The summed E-state index contributed by atoms with van der Waals surface area (Å²) in [5, 5.41) is 21.1. The van der Waals surface area contributed by atoms with Gasteiger partial charge in [-0.3, -0.25) is 4.79 Å². The fourth-order valence-electron chi connectivity index (χ4n) is 3.63. The summed E-state index contributed by atoms with van der Waals surface area (Å²) in [4.78, 5) is 23.2. The Kier molecular flexibility index (Phi) is 5.73. The molecule has 0 aliphatic heterocycles. The second-order valence-corrected chi connectivity index (χ2v) is 7.49. The molecule has 0 unspecified atom stereocenters. The van der Waals surface area contributed by atoms with Gasteiger partial charge in [0.15, 0.2) is 0 Å². The van der Waals surface area contributed by atoms with Gasteiger partial charge in [0, 0.05) is 16.1 Å². The van der Waals surface area contributed by atoms with Gasteiger partial charge in [0.05, 0.1) is 5.56 Å². The van der Waals surface area contributed by atoms with Gasteiger partial charge in [-0.1, -0.05) is 29.5 Å². The van der Waals surface area contributed by atoms with Crippen molar-refractivity contribution < 1.29 is 19.8 Å². The van der Waals surface area contributed by atoms with Crippen molar-refractivity contribution in [1.29, 1.82) is 0 Å². The lowest BCUT2D eigenvalue weighted by Gasteiger charge is -2.34. The number of aromatic carboxylic acids is 1. The second kappa shape index (κ2) is 8.05. The van der Waals surface area contributed by atoms with E-state index in [1.54, 1.807) is 24.3 Å². The van der Waals surface area contributed by atoms with Crippen LogP contribution in [0.5, 0.6) is 0 Å². The maximum atomic E-state index is 11.6. The summed E-state index contributed by atoms with van der Waals surface area (Å²) in [6, 6.07) is 11.4. The van der Waals surface area contributed by atoms with Crippen LogP contribution in [-0.4, -0.2) is 27.7 Å². The Morgan fingerprint density at radius 1 is 1.21 bits per heavy atom. The molecule has 1 fully saturated rings. The number of nitrogens with two attached hydrogens (primary N) is 1. The van der Waals surface area contributed by atoms with Crippen LogP contribution in [0.1, 0.15) is 63.4 Å². The molecule has 0 saturated heterocycles. The van der Waals surface area contributed by atoms with Gasteiger partial charge >= 0.3 is 5.97 Å². The van der Waals surface area contributed by atoms with Crippen LogP contribution in [0.15, 0.2) is 42.5 Å². The molecule has 144 valence electrons. The highest BCUT2D eigenvalue weighted by Crippen LogP contribution is 2.40. The highest BCUT2D eigenvalue weighted by Gasteiger charge is 2.35. The van der Waals surface area contributed by atoms with Crippen LogP contribution >= 0.6 is 11.6 Å². The summed E-state index contributed by atoms with van der Waals surface area (Å²) in [7, 11) is 0. The van der Waals surface area contributed by atoms with Crippen molar-refractivity contribution >= 4 is 23.5 Å². The van der Waals surface area contributed by atoms with Crippen LogP contribution in [0.25, 0.3) is 0 Å². The van der Waals surface area contributed by atoms with Crippen LogP contribution in [-0.2, 0) is 0 Å². The minimum atomic E-state index is -1.25. The van der Waals surface area contributed by atoms with E-state index in [4.69, 9.17) is 17.3 Å². The van der Waals surface area contributed by atoms with Crippen LogP contribution in [0.2, 0.25) is 5.02 Å². The van der Waals surface area contributed by atoms with E-state index in [1.807, 2.05) is 0 Å². The molecule has 0 radical (unpaired) electrons. The predicted molar refractivity (Wildman–Crippen MR) is 106 cm³/mol. The van der Waals surface area contributed by atoms with Crippen molar-refractivity contribution in [2.75, 3.05) is 0 Å². The SMILES string of the molecule is NC(=O)c1ccc(C(=O)O)c([C@H]2CCC[C@@](O)(C#Cc3cccc(Cl)c3)C2)c1. The van der Waals surface area contributed by atoms with Gasteiger partial charge in [0.25, 0.3) is 0 Å². The molecular weight excluding hydrogens is 378 g/mol. The zero-order chi connectivity index (χ0) is 20.3. The summed E-state index contributed by atoms with van der Waals surface area (Å²) in [5.41, 5.74) is 5.67. The van der Waals surface area contributed by atoms with E-state index in [1.165, 1.54) is 18.2 Å². The first-order valence-electron chi connectivity index (χ1n) is 8.95. The number of benzene rings is 2. The molecule has 0 spiro atoms. The topological polar surface area (TPSA) is 101 Å². The van der Waals surface area contributed by atoms with Gasteiger partial charge in [-0.15, -0.1) is 0 Å². The summed E-state index contributed by atoms with van der Waals surface area (Å²) in [5.74, 6) is 3.96. The summed E-state index contributed by atoms with van der Waals surface area (Å²) in [6.45, 7) is 0. The van der Waals surface area contributed by atoms with Crippen molar-refractivity contribution in [1.82, 2.24) is 0 Å². The fourth-order valence-corrected chi connectivity index (χ4v) is 3.83. The van der Waals surface area contributed by atoms with Crippen molar-refractivity contribution in [3.05, 3.63) is 69.7 Å². The van der Waals surface area contributed by atoms with Crippen molar-refractivity contribution in [2.45, 2.75) is 37.2 Å². The Morgan fingerprint density at radius 3 is 2.68 bits per heavy atom. The molecule has 2 atom stereocenters. The molecule has 2 aromatic rings. The van der Waals surface area contributed by atoms with Crippen LogP contribution in [0.4, 0.5) is 0 Å². The monoisotopic (exact) mass is 397 g/mol. The average molecular weight is 398 g/mol. The first-order valence-corrected chi connectivity index (χ1v) is 9.33. The Bertz CT molecular complexity index is 992. The van der Waals surface area contributed by atoms with E-state index in [9.17, 15) is 19.8 Å². The zero-order valence-corrected chi connectivity index (χ0v) is 15.9. The Hall–Kier alpha value is -2.81. The van der Waals surface area contributed by atoms with E-state index in [-0.39, 0.29) is 23.5 Å². The maximum Gasteiger partial charge on any atom is 0.335 e. The largest absolute Gasteiger partial charge is 0.478 e. The molecule has 4 N–H and O–H groups in total. The number of carbonyl (C=O) groups is 2. The van der Waals surface area contributed by atoms with Crippen molar-refractivity contribution in [3.63, 3.8) is 0 Å². The quantitative estimate of drug-likeness (QED) is 0.689. The molecular formula is C22H20ClNO4. The second-order valence-electron chi connectivity index (χ2n) is 7.06. The number of aliphatic hydroxyl groups is 1. The molecule has 1 saturated carbocycles. The number of carboxylic acids is 1. The molecule has 5 nitrogen and oxygen atoms in total.